The van der Waals surface area contributed by atoms with Crippen molar-refractivity contribution in [1.29, 1.82) is 0 Å². The quantitative estimate of drug-likeness (QED) is 0.720. The van der Waals surface area contributed by atoms with Gasteiger partial charge in [0.15, 0.2) is 0 Å². The monoisotopic (exact) mass is 242 g/mol. The van der Waals surface area contributed by atoms with Crippen molar-refractivity contribution in [2.75, 3.05) is 13.1 Å². The summed E-state index contributed by atoms with van der Waals surface area (Å²) in [6.07, 6.45) is 1.28. The van der Waals surface area contributed by atoms with E-state index in [4.69, 9.17) is 10.2 Å². The number of nitrogens with zero attached hydrogens (tertiary/aromatic N) is 2. The summed E-state index contributed by atoms with van der Waals surface area (Å²) in [5, 5.41) is 20.5. The highest BCUT2D eigenvalue weighted by atomic mass is 16.5. The maximum Gasteiger partial charge on any atom is 0.323 e. The second-order valence-corrected chi connectivity index (χ2v) is 3.29. The lowest BCUT2D eigenvalue weighted by Gasteiger charge is -2.16. The molecule has 0 aliphatic carbocycles. The molecule has 0 saturated carbocycles. The normalized spacial score (nSPS) is 9.94. The van der Waals surface area contributed by atoms with Gasteiger partial charge in [-0.15, -0.1) is 0 Å². The summed E-state index contributed by atoms with van der Waals surface area (Å²) in [7, 11) is 0. The second kappa shape index (κ2) is 5.10. The molecule has 0 atom stereocenters. The first-order chi connectivity index (χ1) is 7.91. The van der Waals surface area contributed by atoms with E-state index in [0.717, 1.165) is 0 Å². The third-order valence-electron chi connectivity index (χ3n) is 1.88. The molecule has 8 nitrogen and oxygen atoms in total. The molecule has 0 spiro atoms. The van der Waals surface area contributed by atoms with E-state index in [0.29, 0.717) is 10.5 Å². The lowest BCUT2D eigenvalue weighted by atomic mass is 10.2. The number of amides is 1. The lowest BCUT2D eigenvalue weighted by Crippen LogP contribution is -2.39. The smallest absolute Gasteiger partial charge is 0.323 e. The van der Waals surface area contributed by atoms with Crippen LogP contribution in [0.5, 0.6) is 0 Å². The van der Waals surface area contributed by atoms with Gasteiger partial charge in [-0.25, -0.2) is 0 Å². The number of aromatic nitrogens is 1. The van der Waals surface area contributed by atoms with Gasteiger partial charge in [-0.05, 0) is 6.92 Å². The molecule has 0 aromatic carbocycles. The second-order valence-electron chi connectivity index (χ2n) is 3.29. The Morgan fingerprint density at radius 3 is 2.18 bits per heavy atom. The number of carboxylic acid groups (broad SMARTS) is 2. The van der Waals surface area contributed by atoms with Crippen LogP contribution in [0.2, 0.25) is 0 Å². The van der Waals surface area contributed by atoms with Crippen LogP contribution in [0.25, 0.3) is 0 Å². The zero-order valence-corrected chi connectivity index (χ0v) is 8.91. The van der Waals surface area contributed by atoms with Crippen molar-refractivity contribution >= 4 is 17.8 Å². The molecule has 0 unspecified atom stereocenters. The Morgan fingerprint density at radius 1 is 1.29 bits per heavy atom. The average molecular weight is 242 g/mol. The summed E-state index contributed by atoms with van der Waals surface area (Å²) < 4.78 is 4.64. The topological polar surface area (TPSA) is 121 Å². The standard InChI is InChI=1S/C9H10N2O6/c1-5-2-10-17-8(5)9(16)11(3-6(12)13)4-7(14)15/h2H,3-4H2,1H3,(H,12,13)(H,14,15). The third-order valence-corrected chi connectivity index (χ3v) is 1.88. The molecule has 1 aromatic rings. The van der Waals surface area contributed by atoms with Crippen LogP contribution in [0.3, 0.4) is 0 Å². The number of aryl methyl sites for hydroxylation is 1. The van der Waals surface area contributed by atoms with Gasteiger partial charge in [0.2, 0.25) is 5.76 Å². The number of hydrogen-bond acceptors (Lipinski definition) is 5. The van der Waals surface area contributed by atoms with Crippen molar-refractivity contribution in [3.8, 4) is 0 Å². The molecule has 1 amide bonds. The highest BCUT2D eigenvalue weighted by Crippen LogP contribution is 2.09. The number of rotatable bonds is 5. The summed E-state index contributed by atoms with van der Waals surface area (Å²) in [6.45, 7) is 0.111. The predicted molar refractivity (Wildman–Crippen MR) is 52.4 cm³/mol. The van der Waals surface area contributed by atoms with Crippen molar-refractivity contribution in [2.24, 2.45) is 0 Å². The van der Waals surface area contributed by atoms with Gasteiger partial charge in [0.25, 0.3) is 5.91 Å². The van der Waals surface area contributed by atoms with Crippen LogP contribution < -0.4 is 0 Å². The molecule has 0 fully saturated rings. The Morgan fingerprint density at radius 2 is 1.82 bits per heavy atom. The van der Waals surface area contributed by atoms with Crippen LogP contribution in [0.15, 0.2) is 10.7 Å². The third kappa shape index (κ3) is 3.30. The number of aliphatic carboxylic acids is 2. The minimum Gasteiger partial charge on any atom is -0.480 e. The Hall–Kier alpha value is -2.38. The Kier molecular flexibility index (Phi) is 3.81. The van der Waals surface area contributed by atoms with Crippen molar-refractivity contribution in [2.45, 2.75) is 6.92 Å². The van der Waals surface area contributed by atoms with Crippen molar-refractivity contribution in [3.05, 3.63) is 17.5 Å². The first-order valence-electron chi connectivity index (χ1n) is 4.56. The molecule has 17 heavy (non-hydrogen) atoms. The summed E-state index contributed by atoms with van der Waals surface area (Å²) in [5.41, 5.74) is 0.413. The van der Waals surface area contributed by atoms with Crippen LogP contribution in [0.4, 0.5) is 0 Å². The van der Waals surface area contributed by atoms with Crippen LogP contribution in [-0.4, -0.2) is 51.2 Å². The molecule has 1 rings (SSSR count). The molecular weight excluding hydrogens is 232 g/mol. The molecule has 0 radical (unpaired) electrons. The Labute approximate surface area is 95.4 Å². The maximum absolute atomic E-state index is 11.8. The number of carbonyl (C=O) groups is 3. The fourth-order valence-corrected chi connectivity index (χ4v) is 1.17. The molecule has 0 aliphatic rings. The molecule has 2 N–H and O–H groups in total. The molecule has 1 heterocycles. The van der Waals surface area contributed by atoms with Gasteiger partial charge in [0.05, 0.1) is 6.20 Å². The minimum absolute atomic E-state index is 0.160. The van der Waals surface area contributed by atoms with Gasteiger partial charge in [-0.3, -0.25) is 14.4 Å². The van der Waals surface area contributed by atoms with E-state index in [9.17, 15) is 14.4 Å². The van der Waals surface area contributed by atoms with E-state index in [-0.39, 0.29) is 5.76 Å². The van der Waals surface area contributed by atoms with Crippen LogP contribution in [0.1, 0.15) is 16.1 Å². The fourth-order valence-electron chi connectivity index (χ4n) is 1.17. The molecule has 0 aliphatic heterocycles. The SMILES string of the molecule is Cc1cnoc1C(=O)N(CC(=O)O)CC(=O)O. The van der Waals surface area contributed by atoms with Gasteiger partial charge in [0.1, 0.15) is 13.1 Å². The maximum atomic E-state index is 11.8. The van der Waals surface area contributed by atoms with Crippen molar-refractivity contribution in [3.63, 3.8) is 0 Å². The van der Waals surface area contributed by atoms with E-state index < -0.39 is 30.9 Å². The lowest BCUT2D eigenvalue weighted by molar-refractivity contribution is -0.140. The number of hydrogen-bond donors (Lipinski definition) is 2. The largest absolute Gasteiger partial charge is 0.480 e. The van der Waals surface area contributed by atoms with Crippen LogP contribution in [-0.2, 0) is 9.59 Å². The first kappa shape index (κ1) is 12.7. The molecule has 0 bridgehead atoms. The fraction of sp³-hybridized carbons (Fsp3) is 0.333. The van der Waals surface area contributed by atoms with E-state index in [1.807, 2.05) is 0 Å². The van der Waals surface area contributed by atoms with E-state index in [1.165, 1.54) is 6.20 Å². The Balaban J connectivity index is 2.90. The molecule has 92 valence electrons. The zero-order chi connectivity index (χ0) is 13.0. The molecular formula is C9H10N2O6. The minimum atomic E-state index is -1.31. The van der Waals surface area contributed by atoms with Crippen LogP contribution >= 0.6 is 0 Å². The summed E-state index contributed by atoms with van der Waals surface area (Å²) in [4.78, 5) is 33.4. The van der Waals surface area contributed by atoms with Gasteiger partial charge in [-0.2, -0.15) is 0 Å². The molecule has 8 heteroatoms. The summed E-state index contributed by atoms with van der Waals surface area (Å²) in [6, 6.07) is 0. The predicted octanol–water partition coefficient (Wildman–Crippen LogP) is -0.406. The number of carbonyl (C=O) groups excluding carboxylic acids is 1. The van der Waals surface area contributed by atoms with Gasteiger partial charge in [-0.1, -0.05) is 5.16 Å². The molecule has 0 saturated heterocycles. The number of carboxylic acids is 2. The summed E-state index contributed by atoms with van der Waals surface area (Å²) >= 11 is 0. The van der Waals surface area contributed by atoms with Crippen molar-refractivity contribution in [1.82, 2.24) is 10.1 Å². The first-order valence-corrected chi connectivity index (χ1v) is 4.56. The zero-order valence-electron chi connectivity index (χ0n) is 8.91. The molecule has 1 aromatic heterocycles. The van der Waals surface area contributed by atoms with Crippen molar-refractivity contribution < 1.29 is 29.1 Å². The highest BCUT2D eigenvalue weighted by molar-refractivity contribution is 5.96. The van der Waals surface area contributed by atoms with Gasteiger partial charge < -0.3 is 19.6 Å². The highest BCUT2D eigenvalue weighted by Gasteiger charge is 2.25. The summed E-state index contributed by atoms with van der Waals surface area (Å²) in [5.74, 6) is -3.59. The van der Waals surface area contributed by atoms with Crippen LogP contribution in [0, 0.1) is 6.92 Å². The van der Waals surface area contributed by atoms with Gasteiger partial charge in [0, 0.05) is 5.56 Å². The van der Waals surface area contributed by atoms with E-state index >= 15 is 0 Å². The Bertz CT molecular complexity index is 436. The van der Waals surface area contributed by atoms with E-state index in [1.54, 1.807) is 6.92 Å². The van der Waals surface area contributed by atoms with E-state index in [2.05, 4.69) is 9.68 Å². The average Bonchev–Trinajstić information content (AvgIpc) is 2.61. The van der Waals surface area contributed by atoms with Gasteiger partial charge >= 0.3 is 11.9 Å².